The molecule has 0 bridgehead atoms. The number of aromatic amines is 1. The van der Waals surface area contributed by atoms with Crippen molar-refractivity contribution >= 4 is 16.8 Å². The number of amides is 1. The minimum absolute atomic E-state index is 0.0135. The summed E-state index contributed by atoms with van der Waals surface area (Å²) in [7, 11) is 0. The van der Waals surface area contributed by atoms with Crippen molar-refractivity contribution in [3.63, 3.8) is 0 Å². The number of hydrogen-bond donors (Lipinski definition) is 3. The SMILES string of the molecule is Cc1[nH]c2ccc(F)cc2c1CC(=O)NCC(O)c1ccc(OC(F)(F)F)cc1. The first kappa shape index (κ1) is 20.7. The molecule has 3 rings (SSSR count). The van der Waals surface area contributed by atoms with E-state index in [2.05, 4.69) is 15.0 Å². The Kier molecular flexibility index (Phi) is 5.78. The molecule has 0 aliphatic heterocycles. The van der Waals surface area contributed by atoms with Crippen molar-refractivity contribution in [3.8, 4) is 5.75 Å². The van der Waals surface area contributed by atoms with E-state index in [1.807, 2.05) is 0 Å². The number of fused-ring (bicyclic) bond motifs is 1. The highest BCUT2D eigenvalue weighted by atomic mass is 19.4. The third kappa shape index (κ3) is 5.26. The number of aryl methyl sites for hydroxylation is 1. The number of ether oxygens (including phenoxy) is 1. The molecule has 1 atom stereocenters. The molecule has 1 unspecified atom stereocenters. The number of H-pyrrole nitrogens is 1. The lowest BCUT2D eigenvalue weighted by molar-refractivity contribution is -0.274. The van der Waals surface area contributed by atoms with Crippen molar-refractivity contribution in [2.75, 3.05) is 6.54 Å². The zero-order valence-corrected chi connectivity index (χ0v) is 15.3. The van der Waals surface area contributed by atoms with E-state index in [0.717, 1.165) is 17.8 Å². The first-order valence-corrected chi connectivity index (χ1v) is 8.69. The number of alkyl halides is 3. The van der Waals surface area contributed by atoms with Crippen LogP contribution in [0.25, 0.3) is 10.9 Å². The Morgan fingerprint density at radius 1 is 1.21 bits per heavy atom. The Morgan fingerprint density at radius 3 is 2.55 bits per heavy atom. The van der Waals surface area contributed by atoms with Crippen molar-refractivity contribution in [3.05, 3.63) is 65.1 Å². The van der Waals surface area contributed by atoms with Crippen LogP contribution in [0.4, 0.5) is 17.6 Å². The third-order valence-corrected chi connectivity index (χ3v) is 4.41. The smallest absolute Gasteiger partial charge is 0.406 e. The van der Waals surface area contributed by atoms with Crippen molar-refractivity contribution in [1.29, 1.82) is 0 Å². The van der Waals surface area contributed by atoms with Gasteiger partial charge in [-0.15, -0.1) is 13.2 Å². The average Bonchev–Trinajstić information content (AvgIpc) is 2.94. The van der Waals surface area contributed by atoms with Gasteiger partial charge in [0.2, 0.25) is 5.91 Å². The second kappa shape index (κ2) is 8.12. The Balaban J connectivity index is 1.59. The maximum Gasteiger partial charge on any atom is 0.573 e. The molecule has 5 nitrogen and oxygen atoms in total. The highest BCUT2D eigenvalue weighted by Crippen LogP contribution is 2.25. The van der Waals surface area contributed by atoms with Gasteiger partial charge in [-0.1, -0.05) is 12.1 Å². The van der Waals surface area contributed by atoms with Crippen LogP contribution < -0.4 is 10.1 Å². The molecule has 9 heteroatoms. The maximum atomic E-state index is 13.5. The summed E-state index contributed by atoms with van der Waals surface area (Å²) in [6, 6.07) is 8.99. The van der Waals surface area contributed by atoms with Crippen molar-refractivity contribution < 1.29 is 32.2 Å². The molecule has 0 aliphatic carbocycles. The molecule has 3 aromatic rings. The summed E-state index contributed by atoms with van der Waals surface area (Å²) < 4.78 is 53.8. The molecule has 2 aromatic carbocycles. The lowest BCUT2D eigenvalue weighted by Gasteiger charge is -2.14. The van der Waals surface area contributed by atoms with Gasteiger partial charge in [0.1, 0.15) is 11.6 Å². The second-order valence-corrected chi connectivity index (χ2v) is 6.53. The van der Waals surface area contributed by atoms with Crippen molar-refractivity contribution in [2.45, 2.75) is 25.8 Å². The van der Waals surface area contributed by atoms with Crippen molar-refractivity contribution in [1.82, 2.24) is 10.3 Å². The molecule has 0 fully saturated rings. The van der Waals surface area contributed by atoms with Gasteiger partial charge in [-0.3, -0.25) is 4.79 Å². The van der Waals surface area contributed by atoms with Crippen molar-refractivity contribution in [2.24, 2.45) is 0 Å². The predicted molar refractivity (Wildman–Crippen MR) is 97.8 cm³/mol. The number of benzene rings is 2. The first-order valence-electron chi connectivity index (χ1n) is 8.69. The van der Waals surface area contributed by atoms with Crippen LogP contribution in [0.3, 0.4) is 0 Å². The van der Waals surface area contributed by atoms with Crippen LogP contribution in [0.5, 0.6) is 5.75 Å². The van der Waals surface area contributed by atoms with E-state index in [1.54, 1.807) is 13.0 Å². The highest BCUT2D eigenvalue weighted by molar-refractivity contribution is 5.90. The van der Waals surface area contributed by atoms with E-state index in [1.165, 1.54) is 24.3 Å². The van der Waals surface area contributed by atoms with E-state index in [-0.39, 0.29) is 18.9 Å². The average molecular weight is 410 g/mol. The number of aliphatic hydroxyl groups is 1. The molecule has 3 N–H and O–H groups in total. The molecule has 0 aliphatic rings. The van der Waals surface area contributed by atoms with E-state index < -0.39 is 24.0 Å². The topological polar surface area (TPSA) is 74.4 Å². The molecular weight excluding hydrogens is 392 g/mol. The molecule has 0 spiro atoms. The monoisotopic (exact) mass is 410 g/mol. The third-order valence-electron chi connectivity index (χ3n) is 4.41. The molecular formula is C20H18F4N2O3. The number of carbonyl (C=O) groups excluding carboxylic acids is 1. The zero-order valence-electron chi connectivity index (χ0n) is 15.3. The summed E-state index contributed by atoms with van der Waals surface area (Å²) in [5.41, 5.74) is 2.43. The fraction of sp³-hybridized carbons (Fsp3) is 0.250. The van der Waals surface area contributed by atoms with Gasteiger partial charge in [0.25, 0.3) is 0 Å². The van der Waals surface area contributed by atoms with Gasteiger partial charge >= 0.3 is 6.36 Å². The number of nitrogens with one attached hydrogen (secondary N) is 2. The van der Waals surface area contributed by atoms with Crippen LogP contribution in [-0.4, -0.2) is 28.9 Å². The fourth-order valence-corrected chi connectivity index (χ4v) is 3.03. The summed E-state index contributed by atoms with van der Waals surface area (Å²) in [5, 5.41) is 13.3. The summed E-state index contributed by atoms with van der Waals surface area (Å²) in [4.78, 5) is 15.3. The Hall–Kier alpha value is -3.07. The standard InChI is InChI=1S/C20H18F4N2O3/c1-11-15(16-8-13(21)4-7-17(16)26-11)9-19(28)25-10-18(27)12-2-5-14(6-3-12)29-20(22,23)24/h2-8,18,26-27H,9-10H2,1H3,(H,25,28). The van der Waals surface area contributed by atoms with Crippen LogP contribution in [0, 0.1) is 12.7 Å². The summed E-state index contributed by atoms with van der Waals surface area (Å²) >= 11 is 0. The Labute approximate surface area is 163 Å². The van der Waals surface area contributed by atoms with Gasteiger partial charge in [-0.2, -0.15) is 0 Å². The Bertz CT molecular complexity index is 1010. The van der Waals surface area contributed by atoms with Crippen LogP contribution in [0.1, 0.15) is 22.9 Å². The van der Waals surface area contributed by atoms with E-state index in [4.69, 9.17) is 0 Å². The molecule has 1 aromatic heterocycles. The highest BCUT2D eigenvalue weighted by Gasteiger charge is 2.31. The van der Waals surface area contributed by atoms with E-state index in [9.17, 15) is 27.5 Å². The Morgan fingerprint density at radius 2 is 1.90 bits per heavy atom. The first-order chi connectivity index (χ1) is 13.6. The molecule has 154 valence electrons. The number of aromatic nitrogens is 1. The molecule has 1 amide bonds. The number of rotatable bonds is 6. The number of aliphatic hydroxyl groups excluding tert-OH is 1. The zero-order chi connectivity index (χ0) is 21.2. The van der Waals surface area contributed by atoms with Crippen LogP contribution in [0.15, 0.2) is 42.5 Å². The molecule has 0 saturated heterocycles. The predicted octanol–water partition coefficient (Wildman–Crippen LogP) is 3.91. The summed E-state index contributed by atoms with van der Waals surface area (Å²) in [6.45, 7) is 1.65. The molecule has 29 heavy (non-hydrogen) atoms. The summed E-state index contributed by atoms with van der Waals surface area (Å²) in [5.74, 6) is -1.19. The molecule has 1 heterocycles. The quantitative estimate of drug-likeness (QED) is 0.540. The van der Waals surface area contributed by atoms with Crippen LogP contribution >= 0.6 is 0 Å². The second-order valence-electron chi connectivity index (χ2n) is 6.53. The van der Waals surface area contributed by atoms with Gasteiger partial charge in [-0.25, -0.2) is 4.39 Å². The van der Waals surface area contributed by atoms with Gasteiger partial charge in [0.15, 0.2) is 0 Å². The number of carbonyl (C=O) groups is 1. The minimum atomic E-state index is -4.79. The fourth-order valence-electron chi connectivity index (χ4n) is 3.03. The molecule has 0 radical (unpaired) electrons. The van der Waals surface area contributed by atoms with E-state index >= 15 is 0 Å². The maximum absolute atomic E-state index is 13.5. The van der Waals surface area contributed by atoms with Crippen LogP contribution in [-0.2, 0) is 11.2 Å². The lowest BCUT2D eigenvalue weighted by atomic mass is 10.1. The number of halogens is 4. The van der Waals surface area contributed by atoms with Gasteiger partial charge in [0, 0.05) is 23.1 Å². The lowest BCUT2D eigenvalue weighted by Crippen LogP contribution is -2.29. The largest absolute Gasteiger partial charge is 0.573 e. The number of hydrogen-bond acceptors (Lipinski definition) is 3. The van der Waals surface area contributed by atoms with Gasteiger partial charge in [0.05, 0.1) is 12.5 Å². The van der Waals surface area contributed by atoms with Crippen LogP contribution in [0.2, 0.25) is 0 Å². The van der Waals surface area contributed by atoms with Gasteiger partial charge < -0.3 is 20.1 Å². The summed E-state index contributed by atoms with van der Waals surface area (Å²) in [6.07, 6.45) is -5.92. The van der Waals surface area contributed by atoms with Gasteiger partial charge in [-0.05, 0) is 48.4 Å². The normalized spacial score (nSPS) is 12.8. The molecule has 0 saturated carbocycles. The van der Waals surface area contributed by atoms with E-state index in [0.29, 0.717) is 22.0 Å². The minimum Gasteiger partial charge on any atom is -0.406 e.